The molecule has 12 heteroatoms. The van der Waals surface area contributed by atoms with Crippen molar-refractivity contribution >= 4 is 27.7 Å². The highest BCUT2D eigenvalue weighted by Gasteiger charge is 2.34. The van der Waals surface area contributed by atoms with E-state index in [0.29, 0.717) is 5.56 Å². The Bertz CT molecular complexity index is 1090. The number of alkyl halides is 3. The lowest BCUT2D eigenvalue weighted by molar-refractivity contribution is -0.141. The molecule has 0 aliphatic carbocycles. The molecular weight excluding hydrogens is 451 g/mol. The van der Waals surface area contributed by atoms with Crippen LogP contribution in [0.2, 0.25) is 0 Å². The van der Waals surface area contributed by atoms with Crippen molar-refractivity contribution in [2.75, 3.05) is 36.6 Å². The molecule has 8 nitrogen and oxygen atoms in total. The zero-order chi connectivity index (χ0) is 23.5. The molecule has 172 valence electrons. The molecular formula is C20H20F3N3O5S. The minimum Gasteiger partial charge on any atom is -0.465 e. The lowest BCUT2D eigenvalue weighted by Crippen LogP contribution is -2.50. The van der Waals surface area contributed by atoms with Crippen LogP contribution in [0.1, 0.15) is 21.6 Å². The van der Waals surface area contributed by atoms with E-state index >= 15 is 0 Å². The van der Waals surface area contributed by atoms with E-state index in [4.69, 9.17) is 0 Å². The molecule has 1 aromatic heterocycles. The third kappa shape index (κ3) is 5.55. The maximum absolute atomic E-state index is 13.2. The molecule has 0 N–H and O–H groups in total. The van der Waals surface area contributed by atoms with Gasteiger partial charge in [-0.15, -0.1) is 0 Å². The Hall–Kier alpha value is -3.15. The molecule has 0 unspecified atom stereocenters. The third-order valence-electron chi connectivity index (χ3n) is 4.86. The summed E-state index contributed by atoms with van der Waals surface area (Å²) in [4.78, 5) is 30.7. The lowest BCUT2D eigenvalue weighted by atomic mass is 10.1. The largest absolute Gasteiger partial charge is 0.465 e. The monoisotopic (exact) mass is 471 g/mol. The topological polar surface area (TPSA) is 96.9 Å². The van der Waals surface area contributed by atoms with Crippen molar-refractivity contribution in [1.82, 2.24) is 9.88 Å². The van der Waals surface area contributed by atoms with Gasteiger partial charge in [-0.05, 0) is 29.8 Å². The van der Waals surface area contributed by atoms with Gasteiger partial charge in [0.05, 0.1) is 30.7 Å². The number of ether oxygens (including phenoxy) is 1. The van der Waals surface area contributed by atoms with Crippen LogP contribution in [-0.2, 0) is 27.3 Å². The van der Waals surface area contributed by atoms with Crippen LogP contribution >= 0.6 is 0 Å². The highest BCUT2D eigenvalue weighted by atomic mass is 32.2. The number of rotatable bonds is 4. The van der Waals surface area contributed by atoms with E-state index in [1.165, 1.54) is 30.2 Å². The van der Waals surface area contributed by atoms with Gasteiger partial charge in [-0.2, -0.15) is 13.2 Å². The smallest absolute Gasteiger partial charge is 0.433 e. The Morgan fingerprint density at radius 1 is 1.09 bits per heavy atom. The summed E-state index contributed by atoms with van der Waals surface area (Å²) < 4.78 is 67.5. The van der Waals surface area contributed by atoms with Gasteiger partial charge >= 0.3 is 18.2 Å². The summed E-state index contributed by atoms with van der Waals surface area (Å²) in [7, 11) is -2.03. The quantitative estimate of drug-likeness (QED) is 0.637. The predicted molar refractivity (Wildman–Crippen MR) is 109 cm³/mol. The van der Waals surface area contributed by atoms with Crippen LogP contribution in [0.3, 0.4) is 0 Å². The second kappa shape index (κ2) is 9.15. The zero-order valence-corrected chi connectivity index (χ0v) is 17.8. The van der Waals surface area contributed by atoms with Crippen LogP contribution in [0.4, 0.5) is 23.8 Å². The van der Waals surface area contributed by atoms with Crippen LogP contribution in [0.5, 0.6) is 0 Å². The van der Waals surface area contributed by atoms with Gasteiger partial charge in [-0.1, -0.05) is 18.2 Å². The first-order valence-electron chi connectivity index (χ1n) is 9.48. The molecule has 0 bridgehead atoms. The number of amides is 2. The summed E-state index contributed by atoms with van der Waals surface area (Å²) in [5.74, 6) is -1.24. The maximum atomic E-state index is 13.2. The van der Waals surface area contributed by atoms with Crippen molar-refractivity contribution in [3.05, 3.63) is 59.3 Å². The van der Waals surface area contributed by atoms with E-state index in [0.717, 1.165) is 17.0 Å². The number of halogens is 3. The third-order valence-corrected chi connectivity index (χ3v) is 6.47. The molecule has 2 heterocycles. The summed E-state index contributed by atoms with van der Waals surface area (Å²) in [6, 6.07) is 8.58. The summed E-state index contributed by atoms with van der Waals surface area (Å²) in [5.41, 5.74) is -0.363. The number of methoxy groups -OCH3 is 1. The molecule has 2 amide bonds. The molecule has 32 heavy (non-hydrogen) atoms. The fourth-order valence-electron chi connectivity index (χ4n) is 3.10. The summed E-state index contributed by atoms with van der Waals surface area (Å²) in [5, 5.41) is 0. The number of anilines is 1. The maximum Gasteiger partial charge on any atom is 0.433 e. The SMILES string of the molecule is COC(=O)c1ccc(CN(C(=O)N2CCS(=O)(=O)CC2)c2cccc(C(F)(F)F)n2)cc1. The number of carbonyl (C=O) groups is 2. The molecule has 0 spiro atoms. The van der Waals surface area contributed by atoms with E-state index in [1.54, 1.807) is 12.1 Å². The number of aromatic nitrogens is 1. The normalized spacial score (nSPS) is 15.8. The van der Waals surface area contributed by atoms with Gasteiger partial charge in [0.1, 0.15) is 11.5 Å². The number of nitrogens with zero attached hydrogens (tertiary/aromatic N) is 3. The molecule has 1 fully saturated rings. The molecule has 1 aromatic carbocycles. The molecule has 1 saturated heterocycles. The Morgan fingerprint density at radius 3 is 2.28 bits per heavy atom. The first kappa shape index (κ1) is 23.5. The predicted octanol–water partition coefficient (Wildman–Crippen LogP) is 2.74. The van der Waals surface area contributed by atoms with Crippen molar-refractivity contribution in [3.8, 4) is 0 Å². The van der Waals surface area contributed by atoms with Gasteiger partial charge < -0.3 is 9.64 Å². The minimum atomic E-state index is -4.70. The number of hydrogen-bond donors (Lipinski definition) is 0. The van der Waals surface area contributed by atoms with E-state index in [1.807, 2.05) is 0 Å². The van der Waals surface area contributed by atoms with Crippen molar-refractivity contribution in [2.45, 2.75) is 12.7 Å². The summed E-state index contributed by atoms with van der Waals surface area (Å²) >= 11 is 0. The summed E-state index contributed by atoms with van der Waals surface area (Å²) in [6.07, 6.45) is -4.70. The second-order valence-corrected chi connectivity index (χ2v) is 9.38. The van der Waals surface area contributed by atoms with E-state index in [9.17, 15) is 31.2 Å². The van der Waals surface area contributed by atoms with Crippen molar-refractivity contribution < 1.29 is 35.9 Å². The Kier molecular flexibility index (Phi) is 6.72. The Morgan fingerprint density at radius 2 is 1.72 bits per heavy atom. The zero-order valence-electron chi connectivity index (χ0n) is 17.0. The van der Waals surface area contributed by atoms with Gasteiger partial charge in [0, 0.05) is 13.1 Å². The van der Waals surface area contributed by atoms with Crippen molar-refractivity contribution in [2.24, 2.45) is 0 Å². The highest BCUT2D eigenvalue weighted by Crippen LogP contribution is 2.29. The number of sulfone groups is 1. The molecule has 2 aromatic rings. The van der Waals surface area contributed by atoms with E-state index in [-0.39, 0.29) is 42.5 Å². The molecule has 1 aliphatic heterocycles. The Labute approximate surface area is 182 Å². The second-order valence-electron chi connectivity index (χ2n) is 7.07. The van der Waals surface area contributed by atoms with Crippen LogP contribution in [0.25, 0.3) is 0 Å². The van der Waals surface area contributed by atoms with Gasteiger partial charge in [0.2, 0.25) is 0 Å². The van der Waals surface area contributed by atoms with Crippen LogP contribution in [-0.4, -0.2) is 62.0 Å². The van der Waals surface area contributed by atoms with Gasteiger partial charge in [0.25, 0.3) is 0 Å². The number of pyridine rings is 1. The fourth-order valence-corrected chi connectivity index (χ4v) is 4.30. The van der Waals surface area contributed by atoms with E-state index in [2.05, 4.69) is 9.72 Å². The first-order chi connectivity index (χ1) is 15.0. The van der Waals surface area contributed by atoms with Crippen molar-refractivity contribution in [1.29, 1.82) is 0 Å². The highest BCUT2D eigenvalue weighted by molar-refractivity contribution is 7.91. The van der Waals surface area contributed by atoms with Gasteiger partial charge in [0.15, 0.2) is 9.84 Å². The van der Waals surface area contributed by atoms with E-state index < -0.39 is 33.7 Å². The first-order valence-corrected chi connectivity index (χ1v) is 11.3. The average molecular weight is 471 g/mol. The molecule has 1 aliphatic rings. The van der Waals surface area contributed by atoms with Crippen molar-refractivity contribution in [3.63, 3.8) is 0 Å². The lowest BCUT2D eigenvalue weighted by Gasteiger charge is -2.32. The minimum absolute atomic E-state index is 0.0715. The fraction of sp³-hybridized carbons (Fsp3) is 0.350. The standard InChI is InChI=1S/C20H20F3N3O5S/c1-31-18(27)15-7-5-14(6-8-15)13-26(17-4-2-3-16(24-17)20(21,22)23)19(28)25-9-11-32(29,30)12-10-25/h2-8H,9-13H2,1H3. The Balaban J connectivity index is 1.92. The number of hydrogen-bond acceptors (Lipinski definition) is 6. The molecule has 0 saturated carbocycles. The molecule has 0 atom stereocenters. The molecule has 0 radical (unpaired) electrons. The summed E-state index contributed by atoms with van der Waals surface area (Å²) in [6.45, 7) is -0.284. The average Bonchev–Trinajstić information content (AvgIpc) is 2.76. The van der Waals surface area contributed by atoms with Crippen LogP contribution < -0.4 is 4.90 Å². The number of benzene rings is 1. The van der Waals surface area contributed by atoms with Gasteiger partial charge in [-0.25, -0.2) is 23.0 Å². The number of carbonyl (C=O) groups excluding carboxylic acids is 2. The molecule has 3 rings (SSSR count). The number of urea groups is 1. The number of esters is 1. The van der Waals surface area contributed by atoms with Gasteiger partial charge in [-0.3, -0.25) is 4.90 Å². The van der Waals surface area contributed by atoms with Crippen LogP contribution in [0, 0.1) is 0 Å². The van der Waals surface area contributed by atoms with Crippen LogP contribution in [0.15, 0.2) is 42.5 Å².